The molecule has 0 bridgehead atoms. The average Bonchev–Trinajstić information content (AvgIpc) is 2.39. The fourth-order valence-corrected chi connectivity index (χ4v) is 2.51. The number of rotatable bonds is 5. The van der Waals surface area contributed by atoms with Crippen LogP contribution >= 0.6 is 22.6 Å². The second kappa shape index (κ2) is 7.01. The molecule has 1 unspecified atom stereocenters. The van der Waals surface area contributed by atoms with Crippen molar-refractivity contribution in [1.29, 1.82) is 0 Å². The highest BCUT2D eigenvalue weighted by Crippen LogP contribution is 2.20. The average molecular weight is 369 g/mol. The topological polar surface area (TPSA) is 12.0 Å². The summed E-state index contributed by atoms with van der Waals surface area (Å²) in [6, 6.07) is 15.5. The first kappa shape index (κ1) is 14.5. The van der Waals surface area contributed by atoms with Crippen molar-refractivity contribution in [3.05, 3.63) is 69.0 Å². The summed E-state index contributed by atoms with van der Waals surface area (Å²) >= 11 is 2.30. The lowest BCUT2D eigenvalue weighted by atomic mass is 9.99. The molecule has 0 fully saturated rings. The van der Waals surface area contributed by atoms with Gasteiger partial charge in [0.15, 0.2) is 0 Å². The molecular formula is C16H17FIN. The van der Waals surface area contributed by atoms with E-state index >= 15 is 0 Å². The molecule has 0 radical (unpaired) electrons. The van der Waals surface area contributed by atoms with Gasteiger partial charge < -0.3 is 5.32 Å². The molecule has 0 saturated heterocycles. The molecule has 0 amide bonds. The van der Waals surface area contributed by atoms with Crippen LogP contribution in [0.1, 0.15) is 24.1 Å². The van der Waals surface area contributed by atoms with E-state index in [0.29, 0.717) is 0 Å². The fourth-order valence-electron chi connectivity index (χ4n) is 2.15. The van der Waals surface area contributed by atoms with Crippen molar-refractivity contribution in [3.63, 3.8) is 0 Å². The minimum atomic E-state index is -0.171. The SMILES string of the molecule is CCNC(Cc1cccc(F)c1)c1ccc(I)cc1. The number of benzene rings is 2. The highest BCUT2D eigenvalue weighted by atomic mass is 127. The zero-order valence-electron chi connectivity index (χ0n) is 10.9. The number of hydrogen-bond acceptors (Lipinski definition) is 1. The monoisotopic (exact) mass is 369 g/mol. The van der Waals surface area contributed by atoms with Gasteiger partial charge >= 0.3 is 0 Å². The summed E-state index contributed by atoms with van der Waals surface area (Å²) in [6.07, 6.45) is 0.798. The van der Waals surface area contributed by atoms with Crippen LogP contribution < -0.4 is 5.32 Å². The quantitative estimate of drug-likeness (QED) is 0.774. The normalized spacial score (nSPS) is 12.4. The predicted octanol–water partition coefficient (Wildman–Crippen LogP) is 4.32. The van der Waals surface area contributed by atoms with Gasteiger partial charge in [0.25, 0.3) is 0 Å². The van der Waals surface area contributed by atoms with E-state index in [4.69, 9.17) is 0 Å². The Balaban J connectivity index is 2.18. The molecule has 0 aromatic heterocycles. The Kier molecular flexibility index (Phi) is 5.34. The molecule has 2 aromatic carbocycles. The first-order valence-corrected chi connectivity index (χ1v) is 7.50. The van der Waals surface area contributed by atoms with E-state index in [0.717, 1.165) is 18.5 Å². The Morgan fingerprint density at radius 3 is 2.53 bits per heavy atom. The Morgan fingerprint density at radius 1 is 1.16 bits per heavy atom. The lowest BCUT2D eigenvalue weighted by Gasteiger charge is -2.18. The maximum Gasteiger partial charge on any atom is 0.123 e. The highest BCUT2D eigenvalue weighted by Gasteiger charge is 2.11. The molecule has 1 nitrogen and oxygen atoms in total. The van der Waals surface area contributed by atoms with E-state index in [1.165, 1.54) is 15.2 Å². The number of hydrogen-bond donors (Lipinski definition) is 1. The smallest absolute Gasteiger partial charge is 0.123 e. The molecule has 1 atom stereocenters. The van der Waals surface area contributed by atoms with Crippen molar-refractivity contribution in [3.8, 4) is 0 Å². The Morgan fingerprint density at radius 2 is 1.89 bits per heavy atom. The van der Waals surface area contributed by atoms with Gasteiger partial charge in [0, 0.05) is 9.61 Å². The van der Waals surface area contributed by atoms with Crippen LogP contribution in [-0.4, -0.2) is 6.54 Å². The minimum absolute atomic E-state index is 0.171. The molecule has 0 aliphatic carbocycles. The predicted molar refractivity (Wildman–Crippen MR) is 85.7 cm³/mol. The first-order chi connectivity index (χ1) is 9.19. The van der Waals surface area contributed by atoms with Gasteiger partial charge in [0.1, 0.15) is 5.82 Å². The molecule has 0 heterocycles. The zero-order valence-corrected chi connectivity index (χ0v) is 13.0. The van der Waals surface area contributed by atoms with E-state index in [-0.39, 0.29) is 11.9 Å². The van der Waals surface area contributed by atoms with Crippen molar-refractivity contribution in [1.82, 2.24) is 5.32 Å². The van der Waals surface area contributed by atoms with Crippen LogP contribution in [0.4, 0.5) is 4.39 Å². The molecule has 0 aliphatic rings. The van der Waals surface area contributed by atoms with Crippen molar-refractivity contribution in [2.45, 2.75) is 19.4 Å². The lowest BCUT2D eigenvalue weighted by molar-refractivity contribution is 0.546. The maximum atomic E-state index is 13.2. The molecule has 1 N–H and O–H groups in total. The number of likely N-dealkylation sites (N-methyl/N-ethyl adjacent to an activating group) is 1. The van der Waals surface area contributed by atoms with E-state index in [1.54, 1.807) is 12.1 Å². The van der Waals surface area contributed by atoms with Crippen LogP contribution in [-0.2, 0) is 6.42 Å². The third-order valence-corrected chi connectivity index (χ3v) is 3.77. The Hall–Kier alpha value is -0.940. The van der Waals surface area contributed by atoms with E-state index < -0.39 is 0 Å². The number of nitrogens with one attached hydrogen (secondary N) is 1. The van der Waals surface area contributed by atoms with Crippen LogP contribution in [0.15, 0.2) is 48.5 Å². The van der Waals surface area contributed by atoms with Gasteiger partial charge in [-0.15, -0.1) is 0 Å². The largest absolute Gasteiger partial charge is 0.310 e. The van der Waals surface area contributed by atoms with Gasteiger partial charge in [0.05, 0.1) is 0 Å². The van der Waals surface area contributed by atoms with Crippen molar-refractivity contribution in [2.75, 3.05) is 6.54 Å². The lowest BCUT2D eigenvalue weighted by Crippen LogP contribution is -2.23. The Bertz CT molecular complexity index is 525. The Labute approximate surface area is 127 Å². The van der Waals surface area contributed by atoms with Gasteiger partial charge in [-0.3, -0.25) is 0 Å². The summed E-state index contributed by atoms with van der Waals surface area (Å²) in [6.45, 7) is 2.98. The third kappa shape index (κ3) is 4.28. The summed E-state index contributed by atoms with van der Waals surface area (Å²) < 4.78 is 14.5. The molecular weight excluding hydrogens is 352 g/mol. The zero-order chi connectivity index (χ0) is 13.7. The summed E-state index contributed by atoms with van der Waals surface area (Å²) in [5.41, 5.74) is 2.26. The summed E-state index contributed by atoms with van der Waals surface area (Å²) in [5.74, 6) is -0.171. The maximum absolute atomic E-state index is 13.2. The van der Waals surface area contributed by atoms with Crippen molar-refractivity contribution in [2.24, 2.45) is 0 Å². The molecule has 0 spiro atoms. The van der Waals surface area contributed by atoms with E-state index in [9.17, 15) is 4.39 Å². The van der Waals surface area contributed by atoms with Crippen LogP contribution in [0, 0.1) is 9.39 Å². The van der Waals surface area contributed by atoms with Gasteiger partial charge in [0.2, 0.25) is 0 Å². The van der Waals surface area contributed by atoms with Gasteiger partial charge in [-0.25, -0.2) is 4.39 Å². The molecule has 3 heteroatoms. The third-order valence-electron chi connectivity index (χ3n) is 3.05. The summed E-state index contributed by atoms with van der Waals surface area (Å²) in [7, 11) is 0. The molecule has 2 aromatic rings. The minimum Gasteiger partial charge on any atom is -0.310 e. The number of halogens is 2. The van der Waals surface area contributed by atoms with Crippen molar-refractivity contribution < 1.29 is 4.39 Å². The summed E-state index contributed by atoms with van der Waals surface area (Å²) in [4.78, 5) is 0. The molecule has 19 heavy (non-hydrogen) atoms. The van der Waals surface area contributed by atoms with Crippen LogP contribution in [0.3, 0.4) is 0 Å². The standard InChI is InChI=1S/C16H17FIN/c1-2-19-16(13-6-8-15(18)9-7-13)11-12-4-3-5-14(17)10-12/h3-10,16,19H,2,11H2,1H3. The van der Waals surface area contributed by atoms with Crippen LogP contribution in [0.5, 0.6) is 0 Å². The van der Waals surface area contributed by atoms with Crippen molar-refractivity contribution >= 4 is 22.6 Å². The summed E-state index contributed by atoms with van der Waals surface area (Å²) in [5, 5.41) is 3.46. The van der Waals surface area contributed by atoms with Crippen LogP contribution in [0.25, 0.3) is 0 Å². The van der Waals surface area contributed by atoms with E-state index in [2.05, 4.69) is 59.1 Å². The van der Waals surface area contributed by atoms with E-state index in [1.807, 2.05) is 6.07 Å². The molecule has 2 rings (SSSR count). The fraction of sp³-hybridized carbons (Fsp3) is 0.250. The first-order valence-electron chi connectivity index (χ1n) is 6.42. The highest BCUT2D eigenvalue weighted by molar-refractivity contribution is 14.1. The van der Waals surface area contributed by atoms with Gasteiger partial charge in [-0.2, -0.15) is 0 Å². The second-order valence-corrected chi connectivity index (χ2v) is 5.74. The van der Waals surface area contributed by atoms with Gasteiger partial charge in [-0.05, 0) is 70.9 Å². The second-order valence-electron chi connectivity index (χ2n) is 4.50. The van der Waals surface area contributed by atoms with Gasteiger partial charge in [-0.1, -0.05) is 31.2 Å². The molecule has 0 aliphatic heterocycles. The molecule has 0 saturated carbocycles. The van der Waals surface area contributed by atoms with Crippen LogP contribution in [0.2, 0.25) is 0 Å². The molecule has 100 valence electrons.